The first-order chi connectivity index (χ1) is 19.6. The minimum atomic E-state index is -0.741. The fourth-order valence-corrected chi connectivity index (χ4v) is 7.27. The Labute approximate surface area is 245 Å². The molecule has 0 bridgehead atoms. The number of nitrogens with zero attached hydrogens (tertiary/aromatic N) is 1. The zero-order valence-electron chi connectivity index (χ0n) is 22.2. The molecule has 4 aliphatic rings. The highest BCUT2D eigenvalue weighted by Gasteiger charge is 2.57. The fourth-order valence-electron chi connectivity index (χ4n) is 6.83. The Morgan fingerprint density at radius 3 is 2.49 bits per heavy atom. The molecule has 0 saturated carbocycles. The van der Waals surface area contributed by atoms with Gasteiger partial charge in [-0.3, -0.25) is 28.9 Å². The molecular weight excluding hydrogens is 586 g/mol. The Balaban J connectivity index is 1.47. The van der Waals surface area contributed by atoms with E-state index < -0.39 is 23.7 Å². The smallest absolute Gasteiger partial charge is 0.238 e. The molecule has 3 aliphatic carbocycles. The summed E-state index contributed by atoms with van der Waals surface area (Å²) in [5.41, 5.74) is 3.34. The summed E-state index contributed by atoms with van der Waals surface area (Å²) in [5, 5.41) is 11.3. The molecule has 0 spiro atoms. The van der Waals surface area contributed by atoms with Crippen LogP contribution in [0.4, 0.5) is 5.69 Å². The van der Waals surface area contributed by atoms with E-state index in [1.165, 1.54) is 17.9 Å². The Morgan fingerprint density at radius 1 is 1.07 bits per heavy atom. The normalized spacial score (nSPS) is 25.4. The first-order valence-corrected chi connectivity index (χ1v) is 14.2. The minimum absolute atomic E-state index is 0.0165. The number of carbonyl (C=O) groups excluding carboxylic acids is 5. The van der Waals surface area contributed by atoms with E-state index in [4.69, 9.17) is 0 Å². The van der Waals surface area contributed by atoms with Crippen LogP contribution < -0.4 is 4.90 Å². The second-order valence-electron chi connectivity index (χ2n) is 10.9. The van der Waals surface area contributed by atoms with Crippen molar-refractivity contribution in [3.8, 4) is 5.75 Å². The molecule has 7 nitrogen and oxygen atoms in total. The average Bonchev–Trinajstić information content (AvgIpc) is 3.21. The summed E-state index contributed by atoms with van der Waals surface area (Å²) in [5.74, 6) is -4.09. The van der Waals surface area contributed by atoms with E-state index in [0.717, 1.165) is 5.57 Å². The van der Waals surface area contributed by atoms with E-state index in [0.29, 0.717) is 39.9 Å². The summed E-state index contributed by atoms with van der Waals surface area (Å²) >= 11 is 3.23. The zero-order chi connectivity index (χ0) is 29.2. The molecule has 1 aliphatic heterocycles. The number of phenols is 1. The molecule has 1 heterocycles. The molecule has 2 aromatic carbocycles. The number of hydrogen-bond donors (Lipinski definition) is 1. The SMILES string of the molecule is C=CCc1cccc(C2C3=CCC4C(=O)N(c5ccc(C(C)=O)cc5)C(=O)C4C3CC3=C2C(=O)C=C(Br)C3=O)c1O. The van der Waals surface area contributed by atoms with Crippen LogP contribution in [0.15, 0.2) is 88.5 Å². The molecule has 4 unspecified atom stereocenters. The molecule has 8 heteroatoms. The summed E-state index contributed by atoms with van der Waals surface area (Å²) < 4.78 is 0.144. The highest BCUT2D eigenvalue weighted by molar-refractivity contribution is 9.12. The lowest BCUT2D eigenvalue weighted by Gasteiger charge is -2.42. The third-order valence-electron chi connectivity index (χ3n) is 8.69. The van der Waals surface area contributed by atoms with Crippen LogP contribution in [0, 0.1) is 17.8 Å². The lowest BCUT2D eigenvalue weighted by Crippen LogP contribution is -2.39. The van der Waals surface area contributed by atoms with Crippen LogP contribution in [0.1, 0.15) is 47.2 Å². The third kappa shape index (κ3) is 4.11. The minimum Gasteiger partial charge on any atom is -0.507 e. The summed E-state index contributed by atoms with van der Waals surface area (Å²) in [6, 6.07) is 11.7. The monoisotopic (exact) mass is 611 g/mol. The highest BCUT2D eigenvalue weighted by Crippen LogP contribution is 2.56. The number of amides is 2. The van der Waals surface area contributed by atoms with Crippen molar-refractivity contribution >= 4 is 50.8 Å². The molecule has 1 saturated heterocycles. The van der Waals surface area contributed by atoms with Crippen molar-refractivity contribution in [3.63, 3.8) is 0 Å². The van der Waals surface area contributed by atoms with Crippen LogP contribution in [0.5, 0.6) is 5.75 Å². The van der Waals surface area contributed by atoms with Crippen LogP contribution in [0.2, 0.25) is 0 Å². The lowest BCUT2D eigenvalue weighted by molar-refractivity contribution is -0.123. The number of hydrogen-bond acceptors (Lipinski definition) is 6. The van der Waals surface area contributed by atoms with Gasteiger partial charge >= 0.3 is 0 Å². The number of para-hydroxylation sites is 1. The number of ketones is 3. The van der Waals surface area contributed by atoms with E-state index >= 15 is 0 Å². The van der Waals surface area contributed by atoms with Gasteiger partial charge in [-0.05, 0) is 77.9 Å². The zero-order valence-corrected chi connectivity index (χ0v) is 23.8. The molecular formula is C33H26BrNO6. The van der Waals surface area contributed by atoms with Crippen molar-refractivity contribution in [1.82, 2.24) is 0 Å². The molecule has 1 N–H and O–H groups in total. The number of anilines is 1. The number of carbonyl (C=O) groups is 5. The van der Waals surface area contributed by atoms with E-state index in [1.54, 1.807) is 48.5 Å². The van der Waals surface area contributed by atoms with E-state index in [1.807, 2.05) is 6.08 Å². The van der Waals surface area contributed by atoms with Crippen molar-refractivity contribution < 1.29 is 29.1 Å². The van der Waals surface area contributed by atoms with Gasteiger partial charge in [-0.1, -0.05) is 35.9 Å². The van der Waals surface area contributed by atoms with Gasteiger partial charge in [0.1, 0.15) is 5.75 Å². The average molecular weight is 612 g/mol. The number of fused-ring (bicyclic) bond motifs is 3. The molecule has 1 fully saturated rings. The van der Waals surface area contributed by atoms with Crippen LogP contribution in [0.3, 0.4) is 0 Å². The number of halogens is 1. The maximum Gasteiger partial charge on any atom is 0.238 e. The predicted octanol–water partition coefficient (Wildman–Crippen LogP) is 5.29. The Kier molecular flexibility index (Phi) is 6.61. The second kappa shape index (κ2) is 10.0. The number of Topliss-reactive ketones (excluding diaryl/α,β-unsaturated/α-hetero) is 2. The quantitative estimate of drug-likeness (QED) is 0.213. The maximum atomic E-state index is 14.0. The summed E-state index contributed by atoms with van der Waals surface area (Å²) in [4.78, 5) is 67.4. The van der Waals surface area contributed by atoms with Crippen molar-refractivity contribution in [1.29, 1.82) is 0 Å². The standard InChI is InChI=1S/C33H26BrNO6/c1-3-5-18-6-4-7-21(30(18)38)27-20-12-13-22-28(23(20)14-24-29(27)26(37)15-25(34)31(24)39)33(41)35(32(22)40)19-10-8-17(9-11-19)16(2)36/h3-4,6-12,15,22-23,27-28,38H,1,5,13-14H2,2H3. The first-order valence-electron chi connectivity index (χ1n) is 13.4. The van der Waals surface area contributed by atoms with Crippen LogP contribution in [-0.4, -0.2) is 34.3 Å². The van der Waals surface area contributed by atoms with E-state index in [9.17, 15) is 29.1 Å². The van der Waals surface area contributed by atoms with Crippen molar-refractivity contribution in [2.45, 2.75) is 32.1 Å². The molecule has 4 atom stereocenters. The Bertz CT molecular complexity index is 1680. The van der Waals surface area contributed by atoms with E-state index in [-0.39, 0.29) is 52.2 Å². The van der Waals surface area contributed by atoms with Gasteiger partial charge in [0.2, 0.25) is 11.8 Å². The number of phenolic OH excluding ortho intramolecular Hbond substituents is 1. The van der Waals surface area contributed by atoms with Gasteiger partial charge in [-0.15, -0.1) is 6.58 Å². The molecule has 6 rings (SSSR count). The molecule has 206 valence electrons. The Morgan fingerprint density at radius 2 is 1.80 bits per heavy atom. The third-order valence-corrected chi connectivity index (χ3v) is 9.28. The maximum absolute atomic E-state index is 14.0. The number of allylic oxidation sites excluding steroid dienone is 7. The van der Waals surface area contributed by atoms with Gasteiger partial charge in [-0.2, -0.15) is 0 Å². The van der Waals surface area contributed by atoms with Gasteiger partial charge < -0.3 is 5.11 Å². The second-order valence-corrected chi connectivity index (χ2v) is 11.7. The molecule has 2 aromatic rings. The number of aromatic hydroxyl groups is 1. The van der Waals surface area contributed by atoms with Gasteiger partial charge in [0.15, 0.2) is 17.3 Å². The van der Waals surface area contributed by atoms with Crippen molar-refractivity contribution in [3.05, 3.63) is 105 Å². The Hall–Kier alpha value is -4.17. The molecule has 0 aromatic heterocycles. The van der Waals surface area contributed by atoms with Gasteiger partial charge in [-0.25, -0.2) is 0 Å². The van der Waals surface area contributed by atoms with Gasteiger partial charge in [0.05, 0.1) is 22.0 Å². The first kappa shape index (κ1) is 27.0. The predicted molar refractivity (Wildman–Crippen MR) is 156 cm³/mol. The number of rotatable bonds is 5. The number of imide groups is 1. The van der Waals surface area contributed by atoms with Crippen LogP contribution >= 0.6 is 15.9 Å². The summed E-state index contributed by atoms with van der Waals surface area (Å²) in [6.45, 7) is 5.21. The van der Waals surface area contributed by atoms with Crippen molar-refractivity contribution in [2.24, 2.45) is 17.8 Å². The number of benzene rings is 2. The van der Waals surface area contributed by atoms with Crippen molar-refractivity contribution in [2.75, 3.05) is 4.90 Å². The van der Waals surface area contributed by atoms with Gasteiger partial charge in [0.25, 0.3) is 0 Å². The highest BCUT2D eigenvalue weighted by atomic mass is 79.9. The van der Waals surface area contributed by atoms with Crippen LogP contribution in [-0.2, 0) is 25.6 Å². The molecule has 2 amide bonds. The van der Waals surface area contributed by atoms with Crippen LogP contribution in [0.25, 0.3) is 0 Å². The fraction of sp³-hybridized carbons (Fsp3) is 0.242. The lowest BCUT2D eigenvalue weighted by atomic mass is 9.59. The molecule has 41 heavy (non-hydrogen) atoms. The summed E-state index contributed by atoms with van der Waals surface area (Å²) in [6.07, 6.45) is 5.69. The largest absolute Gasteiger partial charge is 0.507 e. The molecule has 0 radical (unpaired) electrons. The topological polar surface area (TPSA) is 109 Å². The van der Waals surface area contributed by atoms with Gasteiger partial charge in [0, 0.05) is 34.3 Å². The summed E-state index contributed by atoms with van der Waals surface area (Å²) in [7, 11) is 0. The van der Waals surface area contributed by atoms with E-state index in [2.05, 4.69) is 22.5 Å².